The van der Waals surface area contributed by atoms with Crippen LogP contribution in [0.2, 0.25) is 18.1 Å². The minimum Gasteiger partial charge on any atom is -0.416 e. The zero-order chi connectivity index (χ0) is 17.0. The number of hydrogen-bond donors (Lipinski definition) is 1. The minimum absolute atomic E-state index is 0.0510. The molecule has 0 fully saturated rings. The number of carbonyl (C=O) groups is 1. The van der Waals surface area contributed by atoms with Gasteiger partial charge in [-0.3, -0.25) is 4.79 Å². The van der Waals surface area contributed by atoms with E-state index in [1.165, 1.54) is 0 Å². The molecule has 1 aromatic rings. The molecule has 22 heavy (non-hydrogen) atoms. The van der Waals surface area contributed by atoms with Crippen LogP contribution in [0, 0.1) is 5.92 Å². The van der Waals surface area contributed by atoms with Crippen molar-refractivity contribution in [3.63, 3.8) is 0 Å². The van der Waals surface area contributed by atoms with Gasteiger partial charge in [0.05, 0.1) is 6.10 Å². The third kappa shape index (κ3) is 5.34. The molecule has 0 aromatic heterocycles. The van der Waals surface area contributed by atoms with E-state index in [1.807, 2.05) is 37.3 Å². The van der Waals surface area contributed by atoms with Gasteiger partial charge in [-0.1, -0.05) is 58.0 Å². The van der Waals surface area contributed by atoms with E-state index < -0.39 is 14.4 Å². The maximum atomic E-state index is 12.3. The largest absolute Gasteiger partial charge is 0.416 e. The van der Waals surface area contributed by atoms with E-state index in [4.69, 9.17) is 4.43 Å². The van der Waals surface area contributed by atoms with E-state index in [0.717, 1.165) is 5.56 Å². The predicted octanol–water partition coefficient (Wildman–Crippen LogP) is 4.34. The molecule has 3 nitrogen and oxygen atoms in total. The van der Waals surface area contributed by atoms with Gasteiger partial charge < -0.3 is 9.53 Å². The Balaban J connectivity index is 2.52. The first-order chi connectivity index (χ1) is 10.0. The molecule has 0 spiro atoms. The third-order valence-corrected chi connectivity index (χ3v) is 9.13. The van der Waals surface area contributed by atoms with E-state index >= 15 is 0 Å². The summed E-state index contributed by atoms with van der Waals surface area (Å²) in [5, 5.41) is 10.3. The summed E-state index contributed by atoms with van der Waals surface area (Å²) in [6.45, 7) is 13.2. The molecule has 0 unspecified atom stereocenters. The molecule has 0 bridgehead atoms. The molecule has 0 aliphatic rings. The van der Waals surface area contributed by atoms with Crippen LogP contribution in [0.15, 0.2) is 30.3 Å². The second-order valence-corrected chi connectivity index (χ2v) is 12.4. The highest BCUT2D eigenvalue weighted by Gasteiger charge is 2.37. The fraction of sp³-hybridized carbons (Fsp3) is 0.611. The van der Waals surface area contributed by atoms with Crippen molar-refractivity contribution in [2.45, 2.75) is 58.4 Å². The minimum atomic E-state index is -1.83. The average Bonchev–Trinajstić information content (AvgIpc) is 2.44. The molecule has 0 aliphatic heterocycles. The summed E-state index contributed by atoms with van der Waals surface area (Å²) in [5.74, 6) is -0.137. The van der Waals surface area contributed by atoms with E-state index in [9.17, 15) is 9.90 Å². The second-order valence-electron chi connectivity index (χ2n) is 7.57. The number of aliphatic hydroxyl groups excluding tert-OH is 1. The molecule has 0 heterocycles. The molecule has 0 aliphatic carbocycles. The number of ketones is 1. The van der Waals surface area contributed by atoms with Gasteiger partial charge in [-0.15, -0.1) is 0 Å². The van der Waals surface area contributed by atoms with Crippen molar-refractivity contribution >= 4 is 14.1 Å². The first-order valence-corrected chi connectivity index (χ1v) is 10.8. The lowest BCUT2D eigenvalue weighted by Crippen LogP contribution is -2.42. The first kappa shape index (κ1) is 19.1. The van der Waals surface area contributed by atoms with Crippen LogP contribution in [0.3, 0.4) is 0 Å². The number of carbonyl (C=O) groups excluding carboxylic acids is 1. The molecule has 4 heteroatoms. The zero-order valence-corrected chi connectivity index (χ0v) is 15.7. The number of rotatable bonds is 7. The number of aliphatic hydroxyl groups is 1. The van der Waals surface area contributed by atoms with Crippen molar-refractivity contribution in [3.05, 3.63) is 35.9 Å². The number of benzene rings is 1. The van der Waals surface area contributed by atoms with Crippen molar-refractivity contribution in [2.75, 3.05) is 6.61 Å². The predicted molar refractivity (Wildman–Crippen MR) is 93.3 cm³/mol. The van der Waals surface area contributed by atoms with Crippen molar-refractivity contribution in [3.8, 4) is 0 Å². The van der Waals surface area contributed by atoms with Crippen molar-refractivity contribution in [2.24, 2.45) is 5.92 Å². The molecule has 0 saturated heterocycles. The summed E-state index contributed by atoms with van der Waals surface area (Å²) >= 11 is 0. The molecule has 0 saturated carbocycles. The monoisotopic (exact) mass is 322 g/mol. The molecule has 1 aromatic carbocycles. The zero-order valence-electron chi connectivity index (χ0n) is 14.7. The molecule has 124 valence electrons. The Bertz CT molecular complexity index is 477. The van der Waals surface area contributed by atoms with Gasteiger partial charge in [0.25, 0.3) is 0 Å². The molecule has 0 amide bonds. The van der Waals surface area contributed by atoms with Gasteiger partial charge >= 0.3 is 0 Å². The Morgan fingerprint density at radius 2 is 1.77 bits per heavy atom. The van der Waals surface area contributed by atoms with Crippen LogP contribution in [-0.4, -0.2) is 25.8 Å². The standard InChI is InChI=1S/C18H30O3Si/c1-14(13-21-22(5,6)18(2,3)4)16(19)12-17(20)15-10-8-7-9-11-15/h7-11,14,17,20H,12-13H2,1-6H3/t14-,17+/m0/s1. The van der Waals surface area contributed by atoms with Crippen LogP contribution < -0.4 is 0 Å². The summed E-state index contributed by atoms with van der Waals surface area (Å²) in [5.41, 5.74) is 0.786. The van der Waals surface area contributed by atoms with Gasteiger partial charge in [0.2, 0.25) is 0 Å². The molecular formula is C18H30O3Si. The van der Waals surface area contributed by atoms with Gasteiger partial charge in [0.15, 0.2) is 8.32 Å². The normalized spacial score (nSPS) is 15.4. The smallest absolute Gasteiger partial charge is 0.192 e. The highest BCUT2D eigenvalue weighted by Crippen LogP contribution is 2.36. The van der Waals surface area contributed by atoms with E-state index in [-0.39, 0.29) is 23.2 Å². The quantitative estimate of drug-likeness (QED) is 0.760. The van der Waals surface area contributed by atoms with Crippen LogP contribution in [-0.2, 0) is 9.22 Å². The van der Waals surface area contributed by atoms with Gasteiger partial charge in [-0.25, -0.2) is 0 Å². The lowest BCUT2D eigenvalue weighted by atomic mass is 9.98. The maximum absolute atomic E-state index is 12.3. The van der Waals surface area contributed by atoms with Crippen LogP contribution in [0.5, 0.6) is 0 Å². The molecule has 1 N–H and O–H groups in total. The SMILES string of the molecule is C[C@@H](CO[Si](C)(C)C(C)(C)C)C(=O)C[C@@H](O)c1ccccc1. The Hall–Kier alpha value is -0.973. The van der Waals surface area contributed by atoms with Gasteiger partial charge in [-0.05, 0) is 23.7 Å². The van der Waals surface area contributed by atoms with Crippen molar-refractivity contribution < 1.29 is 14.3 Å². The molecule has 1 rings (SSSR count). The van der Waals surface area contributed by atoms with Crippen molar-refractivity contribution in [1.29, 1.82) is 0 Å². The summed E-state index contributed by atoms with van der Waals surface area (Å²) < 4.78 is 6.10. The second kappa shape index (κ2) is 7.53. The lowest BCUT2D eigenvalue weighted by Gasteiger charge is -2.36. The molecule has 0 radical (unpaired) electrons. The fourth-order valence-electron chi connectivity index (χ4n) is 1.83. The Morgan fingerprint density at radius 3 is 2.27 bits per heavy atom. The van der Waals surface area contributed by atoms with Crippen LogP contribution in [0.25, 0.3) is 0 Å². The topological polar surface area (TPSA) is 46.5 Å². The number of hydrogen-bond acceptors (Lipinski definition) is 3. The highest BCUT2D eigenvalue weighted by molar-refractivity contribution is 6.74. The summed E-state index contributed by atoms with van der Waals surface area (Å²) in [6, 6.07) is 9.32. The van der Waals surface area contributed by atoms with Gasteiger partial charge in [-0.2, -0.15) is 0 Å². The first-order valence-electron chi connectivity index (χ1n) is 7.94. The maximum Gasteiger partial charge on any atom is 0.192 e. The summed E-state index contributed by atoms with van der Waals surface area (Å²) in [7, 11) is -1.83. The number of Topliss-reactive ketones (excluding diaryl/α,β-unsaturated/α-hetero) is 1. The van der Waals surface area contributed by atoms with Gasteiger partial charge in [0, 0.05) is 18.9 Å². The Morgan fingerprint density at radius 1 is 1.23 bits per heavy atom. The van der Waals surface area contributed by atoms with Gasteiger partial charge in [0.1, 0.15) is 5.78 Å². The van der Waals surface area contributed by atoms with E-state index in [2.05, 4.69) is 33.9 Å². The fourth-order valence-corrected chi connectivity index (χ4v) is 2.93. The van der Waals surface area contributed by atoms with Crippen LogP contribution in [0.4, 0.5) is 0 Å². The molecular weight excluding hydrogens is 292 g/mol. The Labute approximate surface area is 135 Å². The average molecular weight is 323 g/mol. The molecule has 2 atom stereocenters. The summed E-state index contributed by atoms with van der Waals surface area (Å²) in [6.07, 6.45) is -0.588. The lowest BCUT2D eigenvalue weighted by molar-refractivity contribution is -0.125. The summed E-state index contributed by atoms with van der Waals surface area (Å²) in [4.78, 5) is 12.3. The van der Waals surface area contributed by atoms with E-state index in [1.54, 1.807) is 0 Å². The van der Waals surface area contributed by atoms with E-state index in [0.29, 0.717) is 6.61 Å². The van der Waals surface area contributed by atoms with Crippen LogP contribution in [0.1, 0.15) is 45.8 Å². The van der Waals surface area contributed by atoms with Crippen LogP contribution >= 0.6 is 0 Å². The third-order valence-electron chi connectivity index (χ3n) is 4.63. The van der Waals surface area contributed by atoms with Crippen molar-refractivity contribution in [1.82, 2.24) is 0 Å². The highest BCUT2D eigenvalue weighted by atomic mass is 28.4. The Kier molecular flexibility index (Phi) is 6.53.